The van der Waals surface area contributed by atoms with Gasteiger partial charge in [0.25, 0.3) is 5.89 Å². The van der Waals surface area contributed by atoms with Crippen LogP contribution in [0, 0.1) is 0 Å². The minimum atomic E-state index is -3.64. The largest absolute Gasteiger partial charge is 0.368 e. The Bertz CT molecular complexity index is 732. The maximum atomic E-state index is 12.1. The standard InChI is InChI=1S/C12H17N5O4S/c1-2-17-8-9(6-13-17)22(18,19)14-7-11-15-12(21-16-11)10-4-3-5-20-10/h6,8,10,14H,2-5,7H2,1H3. The molecule has 0 bridgehead atoms. The molecule has 1 fully saturated rings. The van der Waals surface area contributed by atoms with E-state index in [9.17, 15) is 8.42 Å². The molecule has 0 aliphatic carbocycles. The average molecular weight is 327 g/mol. The van der Waals surface area contributed by atoms with Crippen LogP contribution in [0.4, 0.5) is 0 Å². The average Bonchev–Trinajstić information content (AvgIpc) is 3.24. The van der Waals surface area contributed by atoms with Gasteiger partial charge in [0.1, 0.15) is 11.0 Å². The van der Waals surface area contributed by atoms with Crippen molar-refractivity contribution < 1.29 is 17.7 Å². The normalized spacial score (nSPS) is 18.9. The fourth-order valence-corrected chi connectivity index (χ4v) is 3.07. The summed E-state index contributed by atoms with van der Waals surface area (Å²) in [5.41, 5.74) is 0. The van der Waals surface area contributed by atoms with Crippen molar-refractivity contribution in [1.29, 1.82) is 0 Å². The number of aryl methyl sites for hydroxylation is 1. The number of nitrogens with one attached hydrogen (secondary N) is 1. The summed E-state index contributed by atoms with van der Waals surface area (Å²) in [7, 11) is -3.64. The fraction of sp³-hybridized carbons (Fsp3) is 0.583. The topological polar surface area (TPSA) is 112 Å². The highest BCUT2D eigenvalue weighted by molar-refractivity contribution is 7.89. The monoisotopic (exact) mass is 327 g/mol. The van der Waals surface area contributed by atoms with Crippen molar-refractivity contribution in [3.8, 4) is 0 Å². The SMILES string of the molecule is CCn1cc(S(=O)(=O)NCc2noc(C3CCCO3)n2)cn1. The van der Waals surface area contributed by atoms with E-state index >= 15 is 0 Å². The summed E-state index contributed by atoms with van der Waals surface area (Å²) in [4.78, 5) is 4.27. The predicted molar refractivity (Wildman–Crippen MR) is 74.2 cm³/mol. The van der Waals surface area contributed by atoms with Gasteiger partial charge in [0.05, 0.1) is 12.7 Å². The van der Waals surface area contributed by atoms with Crippen LogP contribution in [0.3, 0.4) is 0 Å². The van der Waals surface area contributed by atoms with E-state index in [4.69, 9.17) is 9.26 Å². The maximum Gasteiger partial charge on any atom is 0.255 e. The minimum Gasteiger partial charge on any atom is -0.368 e. The van der Waals surface area contributed by atoms with Gasteiger partial charge in [0, 0.05) is 19.3 Å². The molecule has 0 amide bonds. The van der Waals surface area contributed by atoms with Gasteiger partial charge in [-0.25, -0.2) is 13.1 Å². The van der Waals surface area contributed by atoms with Gasteiger partial charge in [-0.15, -0.1) is 0 Å². The molecular formula is C12H17N5O4S. The Labute approximate surface area is 127 Å². The summed E-state index contributed by atoms with van der Waals surface area (Å²) in [5, 5.41) is 7.71. The Balaban J connectivity index is 1.64. The molecule has 2 aromatic heterocycles. The van der Waals surface area contributed by atoms with Crippen molar-refractivity contribution in [2.24, 2.45) is 0 Å². The van der Waals surface area contributed by atoms with Crippen LogP contribution < -0.4 is 4.72 Å². The zero-order valence-electron chi connectivity index (χ0n) is 12.1. The third-order valence-electron chi connectivity index (χ3n) is 3.35. The van der Waals surface area contributed by atoms with Crippen LogP contribution in [0.25, 0.3) is 0 Å². The van der Waals surface area contributed by atoms with Crippen molar-refractivity contribution in [3.63, 3.8) is 0 Å². The predicted octanol–water partition coefficient (Wildman–Crippen LogP) is 0.616. The third kappa shape index (κ3) is 3.18. The van der Waals surface area contributed by atoms with E-state index in [2.05, 4.69) is 20.0 Å². The molecule has 3 heterocycles. The molecule has 0 saturated carbocycles. The molecule has 0 aromatic carbocycles. The van der Waals surface area contributed by atoms with Gasteiger partial charge in [-0.1, -0.05) is 5.16 Å². The lowest BCUT2D eigenvalue weighted by Gasteiger charge is -2.02. The molecule has 120 valence electrons. The lowest BCUT2D eigenvalue weighted by atomic mass is 10.2. The zero-order valence-corrected chi connectivity index (χ0v) is 12.9. The number of hydrogen-bond donors (Lipinski definition) is 1. The number of rotatable bonds is 6. The molecule has 1 N–H and O–H groups in total. The van der Waals surface area contributed by atoms with Crippen molar-refractivity contribution >= 4 is 10.0 Å². The highest BCUT2D eigenvalue weighted by Crippen LogP contribution is 2.26. The van der Waals surface area contributed by atoms with Crippen LogP contribution in [0.5, 0.6) is 0 Å². The number of aromatic nitrogens is 4. The van der Waals surface area contributed by atoms with Gasteiger partial charge in [-0.05, 0) is 19.8 Å². The molecule has 1 aliphatic heterocycles. The van der Waals surface area contributed by atoms with Crippen LogP contribution in [-0.2, 0) is 27.8 Å². The maximum absolute atomic E-state index is 12.1. The summed E-state index contributed by atoms with van der Waals surface area (Å²) in [6.07, 6.45) is 4.39. The second kappa shape index (κ2) is 6.15. The Morgan fingerprint density at radius 1 is 1.50 bits per heavy atom. The van der Waals surface area contributed by atoms with E-state index in [1.807, 2.05) is 6.92 Å². The lowest BCUT2D eigenvalue weighted by Crippen LogP contribution is -2.23. The van der Waals surface area contributed by atoms with E-state index in [-0.39, 0.29) is 23.4 Å². The van der Waals surface area contributed by atoms with Gasteiger partial charge in [0.2, 0.25) is 10.0 Å². The highest BCUT2D eigenvalue weighted by Gasteiger charge is 2.24. The van der Waals surface area contributed by atoms with Crippen molar-refractivity contribution in [2.45, 2.75) is 43.9 Å². The Morgan fingerprint density at radius 3 is 3.05 bits per heavy atom. The number of hydrogen-bond acceptors (Lipinski definition) is 7. The third-order valence-corrected chi connectivity index (χ3v) is 4.71. The van der Waals surface area contributed by atoms with Gasteiger partial charge in [-0.3, -0.25) is 4.68 Å². The van der Waals surface area contributed by atoms with Gasteiger partial charge in [-0.2, -0.15) is 10.1 Å². The summed E-state index contributed by atoms with van der Waals surface area (Å²) >= 11 is 0. The summed E-state index contributed by atoms with van der Waals surface area (Å²) in [5.74, 6) is 0.669. The van der Waals surface area contributed by atoms with Crippen molar-refractivity contribution in [1.82, 2.24) is 24.6 Å². The van der Waals surface area contributed by atoms with E-state index < -0.39 is 10.0 Å². The summed E-state index contributed by atoms with van der Waals surface area (Å²) in [6, 6.07) is 0. The molecule has 0 spiro atoms. The number of sulfonamides is 1. The zero-order chi connectivity index (χ0) is 15.6. The molecule has 10 heteroatoms. The van der Waals surface area contributed by atoms with E-state index in [1.54, 1.807) is 4.68 Å². The Hall–Kier alpha value is -1.78. The summed E-state index contributed by atoms with van der Waals surface area (Å²) < 4.78 is 38.8. The fourth-order valence-electron chi connectivity index (χ4n) is 2.14. The lowest BCUT2D eigenvalue weighted by molar-refractivity contribution is 0.0835. The van der Waals surface area contributed by atoms with Crippen molar-refractivity contribution in [2.75, 3.05) is 6.61 Å². The van der Waals surface area contributed by atoms with E-state index in [0.29, 0.717) is 19.0 Å². The minimum absolute atomic E-state index is 0.0458. The Kier molecular flexibility index (Phi) is 4.23. The first-order chi connectivity index (χ1) is 10.6. The highest BCUT2D eigenvalue weighted by atomic mass is 32.2. The molecule has 9 nitrogen and oxygen atoms in total. The second-order valence-electron chi connectivity index (χ2n) is 4.91. The van der Waals surface area contributed by atoms with Gasteiger partial charge in [0.15, 0.2) is 5.82 Å². The van der Waals surface area contributed by atoms with E-state index in [1.165, 1.54) is 12.4 Å². The van der Waals surface area contributed by atoms with Crippen LogP contribution in [0.15, 0.2) is 21.8 Å². The molecular weight excluding hydrogens is 310 g/mol. The van der Waals surface area contributed by atoms with Crippen LogP contribution in [0.2, 0.25) is 0 Å². The molecule has 1 saturated heterocycles. The first kappa shape index (κ1) is 15.1. The van der Waals surface area contributed by atoms with Crippen molar-refractivity contribution in [3.05, 3.63) is 24.1 Å². The molecule has 0 radical (unpaired) electrons. The van der Waals surface area contributed by atoms with Gasteiger partial charge >= 0.3 is 0 Å². The Morgan fingerprint density at radius 2 is 2.36 bits per heavy atom. The molecule has 3 rings (SSSR count). The quantitative estimate of drug-likeness (QED) is 0.827. The smallest absolute Gasteiger partial charge is 0.255 e. The molecule has 1 unspecified atom stereocenters. The first-order valence-electron chi connectivity index (χ1n) is 7.04. The van der Waals surface area contributed by atoms with Crippen LogP contribution >= 0.6 is 0 Å². The molecule has 22 heavy (non-hydrogen) atoms. The van der Waals surface area contributed by atoms with Crippen LogP contribution in [-0.4, -0.2) is 34.9 Å². The van der Waals surface area contributed by atoms with E-state index in [0.717, 1.165) is 12.8 Å². The second-order valence-corrected chi connectivity index (χ2v) is 6.67. The molecule has 1 aliphatic rings. The number of nitrogens with zero attached hydrogens (tertiary/aromatic N) is 4. The van der Waals surface area contributed by atoms with Gasteiger partial charge < -0.3 is 9.26 Å². The molecule has 1 atom stereocenters. The first-order valence-corrected chi connectivity index (χ1v) is 8.53. The van der Waals surface area contributed by atoms with Crippen LogP contribution in [0.1, 0.15) is 37.6 Å². The summed E-state index contributed by atoms with van der Waals surface area (Å²) in [6.45, 7) is 3.11. The number of ether oxygens (including phenoxy) is 1. The molecule has 2 aromatic rings.